The molecule has 0 spiro atoms. The zero-order chi connectivity index (χ0) is 14.2. The highest BCUT2D eigenvalue weighted by atomic mass is 16.1. The van der Waals surface area contributed by atoms with Crippen LogP contribution in [0.1, 0.15) is 74.2 Å². The molecule has 1 fully saturated rings. The van der Waals surface area contributed by atoms with Crippen molar-refractivity contribution in [3.8, 4) is 0 Å². The van der Waals surface area contributed by atoms with Crippen LogP contribution in [0.5, 0.6) is 0 Å². The van der Waals surface area contributed by atoms with E-state index in [1.54, 1.807) is 0 Å². The van der Waals surface area contributed by atoms with Crippen LogP contribution in [0.3, 0.4) is 0 Å². The summed E-state index contributed by atoms with van der Waals surface area (Å²) in [6.07, 6.45) is 11.0. The number of rotatable bonds is 6. The maximum Gasteiger partial charge on any atom is 0.251 e. The molecule has 20 heavy (non-hydrogen) atoms. The monoisotopic (exact) mass is 273 g/mol. The van der Waals surface area contributed by atoms with E-state index in [4.69, 9.17) is 0 Å². The van der Waals surface area contributed by atoms with Crippen molar-refractivity contribution in [2.24, 2.45) is 0 Å². The van der Waals surface area contributed by atoms with Gasteiger partial charge in [0.2, 0.25) is 0 Å². The van der Waals surface area contributed by atoms with E-state index >= 15 is 0 Å². The lowest BCUT2D eigenvalue weighted by Crippen LogP contribution is -2.36. The SMILES string of the molecule is CCCCCc1ccc(C(=O)NC2CCCCC2)cc1. The molecule has 1 aromatic rings. The summed E-state index contributed by atoms with van der Waals surface area (Å²) in [4.78, 5) is 12.2. The maximum atomic E-state index is 12.2. The van der Waals surface area contributed by atoms with Gasteiger partial charge in [0.1, 0.15) is 0 Å². The first kappa shape index (κ1) is 15.1. The molecular weight excluding hydrogens is 246 g/mol. The predicted molar refractivity (Wildman–Crippen MR) is 84.0 cm³/mol. The summed E-state index contributed by atoms with van der Waals surface area (Å²) in [5.74, 6) is 0.0945. The number of aryl methyl sites for hydroxylation is 1. The summed E-state index contributed by atoms with van der Waals surface area (Å²) in [6, 6.07) is 8.54. The number of benzene rings is 1. The van der Waals surface area contributed by atoms with Gasteiger partial charge in [-0.3, -0.25) is 4.79 Å². The molecule has 1 aliphatic rings. The van der Waals surface area contributed by atoms with E-state index in [1.165, 1.54) is 44.1 Å². The van der Waals surface area contributed by atoms with Crippen LogP contribution in [0.2, 0.25) is 0 Å². The second-order valence-corrected chi connectivity index (χ2v) is 5.96. The fourth-order valence-electron chi connectivity index (χ4n) is 2.92. The van der Waals surface area contributed by atoms with Crippen LogP contribution >= 0.6 is 0 Å². The molecule has 0 unspecified atom stereocenters. The Balaban J connectivity index is 1.83. The van der Waals surface area contributed by atoms with E-state index in [0.29, 0.717) is 6.04 Å². The molecule has 0 bridgehead atoms. The van der Waals surface area contributed by atoms with E-state index in [1.807, 2.05) is 12.1 Å². The van der Waals surface area contributed by atoms with E-state index in [-0.39, 0.29) is 5.91 Å². The molecule has 1 aliphatic carbocycles. The van der Waals surface area contributed by atoms with Gasteiger partial charge >= 0.3 is 0 Å². The van der Waals surface area contributed by atoms with E-state index in [0.717, 1.165) is 24.8 Å². The van der Waals surface area contributed by atoms with Crippen molar-refractivity contribution >= 4 is 5.91 Å². The molecule has 1 aromatic carbocycles. The Hall–Kier alpha value is -1.31. The van der Waals surface area contributed by atoms with Crippen LogP contribution in [0.15, 0.2) is 24.3 Å². The first-order valence-corrected chi connectivity index (χ1v) is 8.19. The van der Waals surface area contributed by atoms with Crippen molar-refractivity contribution in [2.75, 3.05) is 0 Å². The summed E-state index contributed by atoms with van der Waals surface area (Å²) in [6.45, 7) is 2.22. The second kappa shape index (κ2) is 8.08. The molecule has 2 heteroatoms. The molecule has 0 aliphatic heterocycles. The summed E-state index contributed by atoms with van der Waals surface area (Å²) in [5, 5.41) is 3.17. The van der Waals surface area contributed by atoms with E-state index in [9.17, 15) is 4.79 Å². The molecule has 2 nitrogen and oxygen atoms in total. The minimum absolute atomic E-state index is 0.0945. The molecule has 0 atom stereocenters. The highest BCUT2D eigenvalue weighted by molar-refractivity contribution is 5.94. The molecule has 0 saturated heterocycles. The van der Waals surface area contributed by atoms with Crippen molar-refractivity contribution in [1.29, 1.82) is 0 Å². The summed E-state index contributed by atoms with van der Waals surface area (Å²) in [7, 11) is 0. The number of hydrogen-bond acceptors (Lipinski definition) is 1. The number of unbranched alkanes of at least 4 members (excludes halogenated alkanes) is 2. The molecular formula is C18H27NO. The topological polar surface area (TPSA) is 29.1 Å². The summed E-state index contributed by atoms with van der Waals surface area (Å²) in [5.41, 5.74) is 2.14. The summed E-state index contributed by atoms with van der Waals surface area (Å²) >= 11 is 0. The predicted octanol–water partition coefficient (Wildman–Crippen LogP) is 4.48. The first-order valence-electron chi connectivity index (χ1n) is 8.19. The van der Waals surface area contributed by atoms with Crippen LogP contribution < -0.4 is 5.32 Å². The van der Waals surface area contributed by atoms with Crippen LogP contribution in [-0.4, -0.2) is 11.9 Å². The standard InChI is InChI=1S/C18H27NO/c1-2-3-5-8-15-11-13-16(14-12-15)18(20)19-17-9-6-4-7-10-17/h11-14,17H,2-10H2,1H3,(H,19,20). The molecule has 0 heterocycles. The number of hydrogen-bond donors (Lipinski definition) is 1. The fraction of sp³-hybridized carbons (Fsp3) is 0.611. The largest absolute Gasteiger partial charge is 0.349 e. The fourth-order valence-corrected chi connectivity index (χ4v) is 2.92. The smallest absolute Gasteiger partial charge is 0.251 e. The number of nitrogens with one attached hydrogen (secondary N) is 1. The number of carbonyl (C=O) groups is 1. The van der Waals surface area contributed by atoms with Gasteiger partial charge in [0.05, 0.1) is 0 Å². The van der Waals surface area contributed by atoms with Gasteiger partial charge in [0.15, 0.2) is 0 Å². The molecule has 0 radical (unpaired) electrons. The second-order valence-electron chi connectivity index (χ2n) is 5.96. The van der Waals surface area contributed by atoms with Gasteiger partial charge in [0.25, 0.3) is 5.91 Å². The molecule has 0 aromatic heterocycles. The maximum absolute atomic E-state index is 12.2. The van der Waals surface area contributed by atoms with Crippen LogP contribution in [0, 0.1) is 0 Å². The van der Waals surface area contributed by atoms with Crippen LogP contribution in [-0.2, 0) is 6.42 Å². The van der Waals surface area contributed by atoms with Gasteiger partial charge in [-0.25, -0.2) is 0 Å². The third kappa shape index (κ3) is 4.66. The van der Waals surface area contributed by atoms with Gasteiger partial charge in [-0.1, -0.05) is 51.2 Å². The molecule has 1 N–H and O–H groups in total. The highest BCUT2D eigenvalue weighted by Crippen LogP contribution is 2.18. The van der Waals surface area contributed by atoms with Gasteiger partial charge in [-0.15, -0.1) is 0 Å². The minimum Gasteiger partial charge on any atom is -0.349 e. The minimum atomic E-state index is 0.0945. The normalized spacial score (nSPS) is 16.1. The molecule has 1 saturated carbocycles. The quantitative estimate of drug-likeness (QED) is 0.761. The Morgan fingerprint density at radius 2 is 1.80 bits per heavy atom. The van der Waals surface area contributed by atoms with Crippen LogP contribution in [0.25, 0.3) is 0 Å². The first-order chi connectivity index (χ1) is 9.79. The lowest BCUT2D eigenvalue weighted by Gasteiger charge is -2.22. The van der Waals surface area contributed by atoms with Crippen molar-refractivity contribution < 1.29 is 4.79 Å². The van der Waals surface area contributed by atoms with Crippen molar-refractivity contribution in [3.63, 3.8) is 0 Å². The Bertz CT molecular complexity index is 404. The molecule has 1 amide bonds. The Kier molecular flexibility index (Phi) is 6.10. The summed E-state index contributed by atoms with van der Waals surface area (Å²) < 4.78 is 0. The van der Waals surface area contributed by atoms with Crippen LogP contribution in [0.4, 0.5) is 0 Å². The Labute approximate surface area is 123 Å². The van der Waals surface area contributed by atoms with Gasteiger partial charge in [-0.2, -0.15) is 0 Å². The van der Waals surface area contributed by atoms with Gasteiger partial charge in [-0.05, 0) is 43.4 Å². The average Bonchev–Trinajstić information content (AvgIpc) is 2.49. The third-order valence-electron chi connectivity index (χ3n) is 4.23. The van der Waals surface area contributed by atoms with Gasteiger partial charge in [0, 0.05) is 11.6 Å². The van der Waals surface area contributed by atoms with E-state index in [2.05, 4.69) is 24.4 Å². The van der Waals surface area contributed by atoms with Crippen molar-refractivity contribution in [1.82, 2.24) is 5.32 Å². The molecule has 110 valence electrons. The van der Waals surface area contributed by atoms with E-state index < -0.39 is 0 Å². The lowest BCUT2D eigenvalue weighted by molar-refractivity contribution is 0.0927. The number of carbonyl (C=O) groups excluding carboxylic acids is 1. The van der Waals surface area contributed by atoms with Gasteiger partial charge < -0.3 is 5.32 Å². The zero-order valence-corrected chi connectivity index (χ0v) is 12.7. The Morgan fingerprint density at radius 1 is 1.10 bits per heavy atom. The van der Waals surface area contributed by atoms with Crippen molar-refractivity contribution in [3.05, 3.63) is 35.4 Å². The molecule has 2 rings (SSSR count). The lowest BCUT2D eigenvalue weighted by atomic mass is 9.95. The number of amides is 1. The highest BCUT2D eigenvalue weighted by Gasteiger charge is 2.16. The zero-order valence-electron chi connectivity index (χ0n) is 12.7. The Morgan fingerprint density at radius 3 is 2.45 bits per heavy atom. The third-order valence-corrected chi connectivity index (χ3v) is 4.23. The average molecular weight is 273 g/mol. The van der Waals surface area contributed by atoms with Crippen molar-refractivity contribution in [2.45, 2.75) is 70.8 Å².